The first kappa shape index (κ1) is 16.0. The molecule has 0 fully saturated rings. The molecule has 0 atom stereocenters. The first-order valence-electron chi connectivity index (χ1n) is 7.72. The van der Waals surface area contributed by atoms with Crippen molar-refractivity contribution in [2.24, 2.45) is 0 Å². The number of fused-ring (bicyclic) bond motifs is 1. The van der Waals surface area contributed by atoms with Crippen molar-refractivity contribution in [2.45, 2.75) is 10.9 Å². The van der Waals surface area contributed by atoms with E-state index in [1.165, 1.54) is 5.56 Å². The molecule has 1 aromatic carbocycles. The molecule has 4 aromatic rings. The summed E-state index contributed by atoms with van der Waals surface area (Å²) in [4.78, 5) is 17.2. The van der Waals surface area contributed by atoms with Crippen LogP contribution >= 0.6 is 23.1 Å². The van der Waals surface area contributed by atoms with E-state index in [0.717, 1.165) is 31.6 Å². The monoisotopic (exact) mass is 365 g/mol. The number of hydrogen-bond acceptors (Lipinski definition) is 7. The largest absolute Gasteiger partial charge is 0.365 e. The number of aromatic nitrogens is 4. The zero-order chi connectivity index (χ0) is 17.1. The van der Waals surface area contributed by atoms with Gasteiger partial charge in [0, 0.05) is 18.9 Å². The van der Waals surface area contributed by atoms with Crippen LogP contribution < -0.4 is 5.32 Å². The van der Waals surface area contributed by atoms with Crippen LogP contribution in [0.4, 0.5) is 5.82 Å². The van der Waals surface area contributed by atoms with Gasteiger partial charge in [0.05, 0.1) is 0 Å². The molecule has 0 aliphatic heterocycles. The van der Waals surface area contributed by atoms with Crippen LogP contribution in [0.1, 0.15) is 5.56 Å². The number of anilines is 1. The van der Waals surface area contributed by atoms with Gasteiger partial charge >= 0.3 is 0 Å². The Labute approximate surface area is 153 Å². The van der Waals surface area contributed by atoms with Crippen molar-refractivity contribution in [3.05, 3.63) is 60.7 Å². The van der Waals surface area contributed by atoms with Crippen LogP contribution in [-0.2, 0) is 6.54 Å². The molecular formula is C18H15N5S2. The summed E-state index contributed by atoms with van der Waals surface area (Å²) in [5, 5.41) is 3.40. The number of pyridine rings is 1. The van der Waals surface area contributed by atoms with Gasteiger partial charge in [-0.25, -0.2) is 15.0 Å². The third-order valence-electron chi connectivity index (χ3n) is 3.75. The molecule has 0 saturated carbocycles. The highest BCUT2D eigenvalue weighted by atomic mass is 32.2. The van der Waals surface area contributed by atoms with Crippen LogP contribution in [-0.4, -0.2) is 26.2 Å². The third-order valence-corrected chi connectivity index (χ3v) is 5.79. The quantitative estimate of drug-likeness (QED) is 0.526. The average molecular weight is 365 g/mol. The van der Waals surface area contributed by atoms with Gasteiger partial charge in [0.1, 0.15) is 16.8 Å². The normalized spacial score (nSPS) is 10.9. The fourth-order valence-electron chi connectivity index (χ4n) is 2.48. The Morgan fingerprint density at radius 2 is 1.96 bits per heavy atom. The van der Waals surface area contributed by atoms with Gasteiger partial charge in [-0.05, 0) is 29.0 Å². The molecule has 124 valence electrons. The molecular weight excluding hydrogens is 350 g/mol. The smallest absolute Gasteiger partial charge is 0.176 e. The van der Waals surface area contributed by atoms with E-state index in [0.29, 0.717) is 6.54 Å². The topological polar surface area (TPSA) is 63.6 Å². The number of thiazole rings is 1. The highest BCUT2D eigenvalue weighted by molar-refractivity contribution is 8.00. The van der Waals surface area contributed by atoms with Crippen LogP contribution in [0.2, 0.25) is 0 Å². The Balaban J connectivity index is 1.51. The van der Waals surface area contributed by atoms with Gasteiger partial charge in [-0.3, -0.25) is 4.98 Å². The van der Waals surface area contributed by atoms with Crippen molar-refractivity contribution in [3.8, 4) is 11.1 Å². The minimum atomic E-state index is 0.700. The maximum absolute atomic E-state index is 4.48. The second kappa shape index (κ2) is 7.16. The number of benzene rings is 1. The first-order chi connectivity index (χ1) is 12.3. The van der Waals surface area contributed by atoms with Gasteiger partial charge in [-0.1, -0.05) is 42.1 Å². The number of nitrogens with zero attached hydrogens (tertiary/aromatic N) is 4. The molecule has 0 amide bonds. The molecule has 4 rings (SSSR count). The van der Waals surface area contributed by atoms with E-state index in [1.807, 2.05) is 18.5 Å². The molecule has 0 aliphatic carbocycles. The van der Waals surface area contributed by atoms with Gasteiger partial charge in [-0.15, -0.1) is 11.3 Å². The molecule has 7 heteroatoms. The van der Waals surface area contributed by atoms with Crippen LogP contribution in [0.25, 0.3) is 21.5 Å². The number of hydrogen-bond donors (Lipinski definition) is 1. The highest BCUT2D eigenvalue weighted by Gasteiger charge is 2.09. The summed E-state index contributed by atoms with van der Waals surface area (Å²) in [5.41, 5.74) is 4.22. The van der Waals surface area contributed by atoms with Gasteiger partial charge in [-0.2, -0.15) is 0 Å². The standard InChI is InChI=1S/C18H15N5S2/c1-24-18-23-17-15(25-18)16(21-11-22-17)20-9-12-4-6-13(7-5-12)14-3-2-8-19-10-14/h2-8,10-11H,9H2,1H3,(H,20,21,22). The van der Waals surface area contributed by atoms with Crippen LogP contribution in [0.15, 0.2) is 59.5 Å². The average Bonchev–Trinajstić information content (AvgIpc) is 3.11. The molecule has 0 aliphatic rings. The van der Waals surface area contributed by atoms with Crippen molar-refractivity contribution >= 4 is 39.3 Å². The molecule has 0 unspecified atom stereocenters. The molecule has 1 N–H and O–H groups in total. The Hall–Kier alpha value is -2.51. The molecule has 0 radical (unpaired) electrons. The zero-order valence-electron chi connectivity index (χ0n) is 13.5. The van der Waals surface area contributed by atoms with Crippen molar-refractivity contribution in [1.29, 1.82) is 0 Å². The summed E-state index contributed by atoms with van der Waals surface area (Å²) < 4.78 is 2.00. The fraction of sp³-hybridized carbons (Fsp3) is 0.111. The predicted molar refractivity (Wildman–Crippen MR) is 104 cm³/mol. The SMILES string of the molecule is CSc1nc2ncnc(NCc3ccc(-c4cccnc4)cc3)c2s1. The van der Waals surface area contributed by atoms with E-state index in [9.17, 15) is 0 Å². The van der Waals surface area contributed by atoms with Crippen LogP contribution in [0.5, 0.6) is 0 Å². The Morgan fingerprint density at radius 1 is 1.08 bits per heavy atom. The lowest BCUT2D eigenvalue weighted by molar-refractivity contribution is 1.10. The number of rotatable bonds is 5. The van der Waals surface area contributed by atoms with Crippen molar-refractivity contribution in [3.63, 3.8) is 0 Å². The summed E-state index contributed by atoms with van der Waals surface area (Å²) in [5.74, 6) is 0.833. The van der Waals surface area contributed by atoms with E-state index in [2.05, 4.69) is 55.6 Å². The number of thioether (sulfide) groups is 1. The van der Waals surface area contributed by atoms with Gasteiger partial charge in [0.2, 0.25) is 0 Å². The van der Waals surface area contributed by atoms with E-state index in [1.54, 1.807) is 35.6 Å². The van der Waals surface area contributed by atoms with Crippen molar-refractivity contribution in [2.75, 3.05) is 11.6 Å². The van der Waals surface area contributed by atoms with E-state index < -0.39 is 0 Å². The van der Waals surface area contributed by atoms with E-state index in [-0.39, 0.29) is 0 Å². The van der Waals surface area contributed by atoms with Crippen molar-refractivity contribution < 1.29 is 0 Å². The fourth-order valence-corrected chi connectivity index (χ4v) is 3.96. The lowest BCUT2D eigenvalue weighted by atomic mass is 10.1. The minimum absolute atomic E-state index is 0.700. The first-order valence-corrected chi connectivity index (χ1v) is 9.76. The summed E-state index contributed by atoms with van der Waals surface area (Å²) in [6.45, 7) is 0.700. The molecule has 5 nitrogen and oxygen atoms in total. The van der Waals surface area contributed by atoms with Crippen LogP contribution in [0.3, 0.4) is 0 Å². The lowest BCUT2D eigenvalue weighted by Gasteiger charge is -2.07. The van der Waals surface area contributed by atoms with Crippen molar-refractivity contribution in [1.82, 2.24) is 19.9 Å². The molecule has 3 aromatic heterocycles. The Morgan fingerprint density at radius 3 is 2.72 bits per heavy atom. The summed E-state index contributed by atoms with van der Waals surface area (Å²) >= 11 is 3.24. The van der Waals surface area contributed by atoms with E-state index >= 15 is 0 Å². The van der Waals surface area contributed by atoms with Gasteiger partial charge in [0.25, 0.3) is 0 Å². The summed E-state index contributed by atoms with van der Waals surface area (Å²) in [7, 11) is 0. The van der Waals surface area contributed by atoms with Crippen LogP contribution in [0, 0.1) is 0 Å². The summed E-state index contributed by atoms with van der Waals surface area (Å²) in [6.07, 6.45) is 7.23. The molecule has 3 heterocycles. The molecule has 0 bridgehead atoms. The lowest BCUT2D eigenvalue weighted by Crippen LogP contribution is -2.01. The minimum Gasteiger partial charge on any atom is -0.365 e. The zero-order valence-corrected chi connectivity index (χ0v) is 15.1. The van der Waals surface area contributed by atoms with Gasteiger partial charge < -0.3 is 5.32 Å². The van der Waals surface area contributed by atoms with E-state index in [4.69, 9.17) is 0 Å². The number of nitrogens with one attached hydrogen (secondary N) is 1. The maximum atomic E-state index is 4.48. The molecule has 0 saturated heterocycles. The molecule has 0 spiro atoms. The maximum Gasteiger partial charge on any atom is 0.176 e. The third kappa shape index (κ3) is 3.47. The second-order valence-electron chi connectivity index (χ2n) is 5.35. The van der Waals surface area contributed by atoms with Gasteiger partial charge in [0.15, 0.2) is 9.99 Å². The predicted octanol–water partition coefficient (Wildman–Crippen LogP) is 4.48. The summed E-state index contributed by atoms with van der Waals surface area (Å²) in [6, 6.07) is 12.5. The Kier molecular flexibility index (Phi) is 4.58. The second-order valence-corrected chi connectivity index (χ2v) is 7.40. The highest BCUT2D eigenvalue weighted by Crippen LogP contribution is 2.31. The molecule has 25 heavy (non-hydrogen) atoms. The Bertz CT molecular complexity index is 983.